The standard InChI is InChI=1S/C13H21NOS/c1-3-11(2)10-16(15)9-8-12-4-6-13(14)7-5-12/h4-7,11H,3,8-10,14H2,1-2H3. The Hall–Kier alpha value is -0.830. The van der Waals surface area contributed by atoms with Crippen LogP contribution in [0.25, 0.3) is 0 Å². The first-order valence-electron chi connectivity index (χ1n) is 5.81. The van der Waals surface area contributed by atoms with Crippen LogP contribution in [-0.4, -0.2) is 15.7 Å². The van der Waals surface area contributed by atoms with Crippen molar-refractivity contribution >= 4 is 16.5 Å². The summed E-state index contributed by atoms with van der Waals surface area (Å²) >= 11 is 0. The van der Waals surface area contributed by atoms with Gasteiger partial charge in [0.15, 0.2) is 0 Å². The van der Waals surface area contributed by atoms with E-state index in [1.54, 1.807) is 0 Å². The molecule has 2 nitrogen and oxygen atoms in total. The summed E-state index contributed by atoms with van der Waals surface area (Å²) in [6.07, 6.45) is 1.98. The third-order valence-electron chi connectivity index (χ3n) is 2.77. The molecule has 0 saturated heterocycles. The number of hydrogen-bond acceptors (Lipinski definition) is 2. The number of benzene rings is 1. The van der Waals surface area contributed by atoms with Crippen LogP contribution in [0, 0.1) is 5.92 Å². The summed E-state index contributed by atoms with van der Waals surface area (Å²) in [5, 5.41) is 0. The van der Waals surface area contributed by atoms with Crippen molar-refractivity contribution in [2.45, 2.75) is 26.7 Å². The second-order valence-electron chi connectivity index (χ2n) is 4.32. The lowest BCUT2D eigenvalue weighted by atomic mass is 10.1. The summed E-state index contributed by atoms with van der Waals surface area (Å²) in [5.41, 5.74) is 7.60. The number of nitrogen functional groups attached to an aromatic ring is 1. The zero-order valence-electron chi connectivity index (χ0n) is 10.1. The third kappa shape index (κ3) is 4.79. The molecular weight excluding hydrogens is 218 g/mol. The Bertz CT molecular complexity index is 334. The fourth-order valence-electron chi connectivity index (χ4n) is 1.43. The molecule has 0 aliphatic heterocycles. The van der Waals surface area contributed by atoms with Gasteiger partial charge in [0.05, 0.1) is 0 Å². The Balaban J connectivity index is 2.34. The Morgan fingerprint density at radius 3 is 2.50 bits per heavy atom. The Morgan fingerprint density at radius 1 is 1.31 bits per heavy atom. The maximum absolute atomic E-state index is 11.7. The largest absolute Gasteiger partial charge is 0.399 e. The molecule has 1 aromatic carbocycles. The van der Waals surface area contributed by atoms with Gasteiger partial charge in [0.1, 0.15) is 0 Å². The predicted octanol–water partition coefficient (Wildman–Crippen LogP) is 2.61. The maximum Gasteiger partial charge on any atom is 0.0314 e. The van der Waals surface area contributed by atoms with Gasteiger partial charge < -0.3 is 5.73 Å². The Morgan fingerprint density at radius 2 is 1.94 bits per heavy atom. The average Bonchev–Trinajstić information content (AvgIpc) is 2.28. The Labute approximate surface area is 101 Å². The molecule has 2 atom stereocenters. The molecule has 0 heterocycles. The van der Waals surface area contributed by atoms with Crippen LogP contribution in [0.15, 0.2) is 24.3 Å². The molecule has 0 spiro atoms. The van der Waals surface area contributed by atoms with Crippen molar-refractivity contribution in [2.24, 2.45) is 5.92 Å². The van der Waals surface area contributed by atoms with Crippen LogP contribution >= 0.6 is 0 Å². The minimum absolute atomic E-state index is 0.562. The van der Waals surface area contributed by atoms with Crippen LogP contribution < -0.4 is 5.73 Å². The molecule has 0 saturated carbocycles. The fourth-order valence-corrected chi connectivity index (χ4v) is 2.93. The molecule has 0 bridgehead atoms. The van der Waals surface area contributed by atoms with Crippen LogP contribution in [0.3, 0.4) is 0 Å². The van der Waals surface area contributed by atoms with Gasteiger partial charge in [0.25, 0.3) is 0 Å². The summed E-state index contributed by atoms with van der Waals surface area (Å²) in [4.78, 5) is 0. The van der Waals surface area contributed by atoms with E-state index in [9.17, 15) is 4.21 Å². The van der Waals surface area contributed by atoms with Crippen molar-refractivity contribution in [3.05, 3.63) is 29.8 Å². The van der Waals surface area contributed by atoms with Gasteiger partial charge in [-0.3, -0.25) is 4.21 Å². The molecule has 0 amide bonds. The normalized spacial score (nSPS) is 14.6. The first-order chi connectivity index (χ1) is 7.61. The maximum atomic E-state index is 11.7. The molecule has 3 heteroatoms. The first-order valence-corrected chi connectivity index (χ1v) is 7.30. The molecule has 0 radical (unpaired) electrons. The van der Waals surface area contributed by atoms with Crippen LogP contribution in [0.4, 0.5) is 5.69 Å². The molecule has 2 N–H and O–H groups in total. The monoisotopic (exact) mass is 239 g/mol. The van der Waals surface area contributed by atoms with Crippen molar-refractivity contribution in [1.29, 1.82) is 0 Å². The summed E-state index contributed by atoms with van der Waals surface area (Å²) < 4.78 is 11.7. The van der Waals surface area contributed by atoms with Gasteiger partial charge in [-0.05, 0) is 30.0 Å². The highest BCUT2D eigenvalue weighted by atomic mass is 32.2. The number of hydrogen-bond donors (Lipinski definition) is 1. The van der Waals surface area contributed by atoms with Gasteiger partial charge in [-0.2, -0.15) is 0 Å². The molecule has 0 aromatic heterocycles. The minimum atomic E-state index is -0.687. The molecule has 90 valence electrons. The van der Waals surface area contributed by atoms with Gasteiger partial charge in [0, 0.05) is 28.0 Å². The lowest BCUT2D eigenvalue weighted by molar-refractivity contribution is 0.615. The van der Waals surface area contributed by atoms with Crippen molar-refractivity contribution in [3.8, 4) is 0 Å². The zero-order valence-corrected chi connectivity index (χ0v) is 10.9. The van der Waals surface area contributed by atoms with Crippen molar-refractivity contribution in [3.63, 3.8) is 0 Å². The predicted molar refractivity (Wildman–Crippen MR) is 71.9 cm³/mol. The second-order valence-corrected chi connectivity index (χ2v) is 5.94. The van der Waals surface area contributed by atoms with Crippen molar-refractivity contribution in [1.82, 2.24) is 0 Å². The summed E-state index contributed by atoms with van der Waals surface area (Å²) in [6, 6.07) is 7.81. The number of rotatable bonds is 6. The van der Waals surface area contributed by atoms with E-state index >= 15 is 0 Å². The average molecular weight is 239 g/mol. The lowest BCUT2D eigenvalue weighted by Gasteiger charge is -2.08. The summed E-state index contributed by atoms with van der Waals surface area (Å²) in [6.45, 7) is 4.29. The van der Waals surface area contributed by atoms with Gasteiger partial charge in [-0.1, -0.05) is 32.4 Å². The van der Waals surface area contributed by atoms with Crippen LogP contribution in [0.1, 0.15) is 25.8 Å². The fraction of sp³-hybridized carbons (Fsp3) is 0.538. The molecule has 16 heavy (non-hydrogen) atoms. The van der Waals surface area contributed by atoms with Crippen LogP contribution in [0.2, 0.25) is 0 Å². The molecule has 1 rings (SSSR count). The van der Waals surface area contributed by atoms with Crippen LogP contribution in [0.5, 0.6) is 0 Å². The van der Waals surface area contributed by atoms with Crippen molar-refractivity contribution in [2.75, 3.05) is 17.2 Å². The van der Waals surface area contributed by atoms with Crippen molar-refractivity contribution < 1.29 is 4.21 Å². The zero-order chi connectivity index (χ0) is 12.0. The number of aryl methyl sites for hydroxylation is 1. The van der Waals surface area contributed by atoms with Crippen LogP contribution in [-0.2, 0) is 17.2 Å². The quantitative estimate of drug-likeness (QED) is 0.775. The molecule has 0 fully saturated rings. The highest BCUT2D eigenvalue weighted by Crippen LogP contribution is 2.08. The van der Waals surface area contributed by atoms with E-state index in [0.717, 1.165) is 30.0 Å². The SMILES string of the molecule is CCC(C)CS(=O)CCc1ccc(N)cc1. The highest BCUT2D eigenvalue weighted by Gasteiger charge is 2.05. The third-order valence-corrected chi connectivity index (χ3v) is 4.37. The topological polar surface area (TPSA) is 43.1 Å². The molecule has 2 unspecified atom stereocenters. The minimum Gasteiger partial charge on any atom is -0.399 e. The van der Waals surface area contributed by atoms with E-state index < -0.39 is 10.8 Å². The Kier molecular flexibility index (Phi) is 5.53. The molecule has 0 aliphatic carbocycles. The summed E-state index contributed by atoms with van der Waals surface area (Å²) in [5.74, 6) is 2.15. The first kappa shape index (κ1) is 13.2. The molecule has 1 aromatic rings. The smallest absolute Gasteiger partial charge is 0.0314 e. The summed E-state index contributed by atoms with van der Waals surface area (Å²) in [7, 11) is -0.687. The second kappa shape index (κ2) is 6.69. The number of nitrogens with two attached hydrogens (primary N) is 1. The lowest BCUT2D eigenvalue weighted by Crippen LogP contribution is -2.11. The van der Waals surface area contributed by atoms with E-state index in [-0.39, 0.29) is 0 Å². The van der Waals surface area contributed by atoms with E-state index in [2.05, 4.69) is 13.8 Å². The van der Waals surface area contributed by atoms with E-state index in [4.69, 9.17) is 5.73 Å². The number of anilines is 1. The van der Waals surface area contributed by atoms with E-state index in [1.807, 2.05) is 24.3 Å². The van der Waals surface area contributed by atoms with Gasteiger partial charge >= 0.3 is 0 Å². The van der Waals surface area contributed by atoms with Gasteiger partial charge in [-0.25, -0.2) is 0 Å². The molecular formula is C13H21NOS. The van der Waals surface area contributed by atoms with E-state index in [1.165, 1.54) is 5.56 Å². The van der Waals surface area contributed by atoms with Gasteiger partial charge in [0.2, 0.25) is 0 Å². The van der Waals surface area contributed by atoms with E-state index in [0.29, 0.717) is 5.92 Å². The highest BCUT2D eigenvalue weighted by molar-refractivity contribution is 7.84. The van der Waals surface area contributed by atoms with Gasteiger partial charge in [-0.15, -0.1) is 0 Å². The molecule has 0 aliphatic rings.